The number of fused-ring (bicyclic) bond motifs is 4. The molecule has 3 heterocycles. The molecule has 4 aromatic rings. The van der Waals surface area contributed by atoms with Gasteiger partial charge in [-0.2, -0.15) is 0 Å². The van der Waals surface area contributed by atoms with Crippen molar-refractivity contribution in [2.45, 2.75) is 25.0 Å². The monoisotopic (exact) mass is 518 g/mol. The van der Waals surface area contributed by atoms with Crippen molar-refractivity contribution in [1.82, 2.24) is 0 Å². The number of methoxy groups -OCH3 is 1. The average molecular weight is 519 g/mol. The Hall–Kier alpha value is -4.19. The summed E-state index contributed by atoms with van der Waals surface area (Å²) in [5.74, 6) is 1.73. The third-order valence-electron chi connectivity index (χ3n) is 8.98. The van der Waals surface area contributed by atoms with Crippen LogP contribution in [0.2, 0.25) is 0 Å². The van der Waals surface area contributed by atoms with E-state index in [-0.39, 0.29) is 5.41 Å². The van der Waals surface area contributed by atoms with E-state index >= 15 is 0 Å². The number of nitrogens with zero attached hydrogens (tertiary/aromatic N) is 4. The zero-order valence-corrected chi connectivity index (χ0v) is 23.0. The third kappa shape index (κ3) is 3.43. The van der Waals surface area contributed by atoms with Gasteiger partial charge >= 0.3 is 0 Å². The summed E-state index contributed by atoms with van der Waals surface area (Å²) < 4.78 is 12.4. The van der Waals surface area contributed by atoms with Crippen molar-refractivity contribution in [1.29, 1.82) is 0 Å². The Morgan fingerprint density at radius 3 is 2.18 bits per heavy atom. The van der Waals surface area contributed by atoms with Gasteiger partial charge in [0, 0.05) is 67.1 Å². The van der Waals surface area contributed by atoms with Crippen LogP contribution in [0.5, 0.6) is 11.5 Å². The van der Waals surface area contributed by atoms with Crippen LogP contribution in [0, 0.1) is 0 Å². The molecule has 1 spiro atoms. The Labute approximate surface area is 230 Å². The predicted octanol–water partition coefficient (Wildman–Crippen LogP) is 6.39. The molecule has 0 radical (unpaired) electrons. The first-order chi connectivity index (χ1) is 18.9. The molecule has 1 atom stereocenters. The zero-order chi connectivity index (χ0) is 26.8. The Kier molecular flexibility index (Phi) is 5.31. The minimum Gasteiger partial charge on any atom is -0.497 e. The van der Waals surface area contributed by atoms with Crippen LogP contribution in [0.15, 0.2) is 83.9 Å². The number of likely N-dealkylation sites (N-methyl/N-ethyl adjacent to an activating group) is 1. The van der Waals surface area contributed by atoms with E-state index in [9.17, 15) is 0 Å². The smallest absolute Gasteiger partial charge is 0.228 e. The highest BCUT2D eigenvalue weighted by Crippen LogP contribution is 2.55. The number of piperazine rings is 1. The lowest BCUT2D eigenvalue weighted by molar-refractivity contribution is 0.0827. The van der Waals surface area contributed by atoms with Crippen molar-refractivity contribution >= 4 is 39.7 Å². The second kappa shape index (κ2) is 8.67. The van der Waals surface area contributed by atoms with Gasteiger partial charge in [-0.1, -0.05) is 42.5 Å². The fourth-order valence-electron chi connectivity index (χ4n) is 6.66. The molecule has 6 nitrogen and oxygen atoms in total. The molecular formula is C33H34N4O2. The quantitative estimate of drug-likeness (QED) is 0.314. The molecule has 0 amide bonds. The van der Waals surface area contributed by atoms with E-state index in [0.29, 0.717) is 0 Å². The van der Waals surface area contributed by atoms with Gasteiger partial charge < -0.3 is 24.2 Å². The highest BCUT2D eigenvalue weighted by Gasteiger charge is 2.58. The maximum atomic E-state index is 7.07. The number of para-hydroxylation sites is 1. The van der Waals surface area contributed by atoms with Crippen molar-refractivity contribution in [3.8, 4) is 11.5 Å². The molecule has 0 aromatic heterocycles. The van der Waals surface area contributed by atoms with Gasteiger partial charge in [0.15, 0.2) is 5.75 Å². The number of hydrogen-bond acceptors (Lipinski definition) is 6. The fraction of sp³-hybridized carbons (Fsp3) is 0.303. The van der Waals surface area contributed by atoms with E-state index in [2.05, 4.69) is 102 Å². The molecule has 4 aromatic carbocycles. The van der Waals surface area contributed by atoms with E-state index in [4.69, 9.17) is 14.5 Å². The molecule has 3 aliphatic rings. The number of ether oxygens (including phenoxy) is 2. The highest BCUT2D eigenvalue weighted by molar-refractivity contribution is 6.06. The van der Waals surface area contributed by atoms with Crippen LogP contribution < -0.4 is 24.2 Å². The summed E-state index contributed by atoms with van der Waals surface area (Å²) in [6.07, 6.45) is 2.02. The topological polar surface area (TPSA) is 40.5 Å². The van der Waals surface area contributed by atoms with Gasteiger partial charge in [0.2, 0.25) is 5.72 Å². The maximum absolute atomic E-state index is 7.07. The second-order valence-electron chi connectivity index (χ2n) is 11.2. The van der Waals surface area contributed by atoms with Crippen molar-refractivity contribution in [3.05, 3.63) is 84.4 Å². The third-order valence-corrected chi connectivity index (χ3v) is 8.98. The molecule has 39 heavy (non-hydrogen) atoms. The van der Waals surface area contributed by atoms with Gasteiger partial charge in [-0.05, 0) is 49.7 Å². The van der Waals surface area contributed by atoms with E-state index < -0.39 is 5.72 Å². The molecule has 0 aliphatic carbocycles. The number of rotatable bonds is 3. The van der Waals surface area contributed by atoms with Gasteiger partial charge in [-0.3, -0.25) is 4.99 Å². The van der Waals surface area contributed by atoms with Crippen LogP contribution in [0.3, 0.4) is 0 Å². The minimum absolute atomic E-state index is 0.282. The Morgan fingerprint density at radius 2 is 1.46 bits per heavy atom. The van der Waals surface area contributed by atoms with Crippen molar-refractivity contribution < 1.29 is 9.47 Å². The number of hydrogen-bond donors (Lipinski definition) is 0. The summed E-state index contributed by atoms with van der Waals surface area (Å²) in [6, 6.07) is 27.8. The Bertz CT molecular complexity index is 1590. The number of anilines is 3. The first-order valence-corrected chi connectivity index (χ1v) is 13.7. The second-order valence-corrected chi connectivity index (χ2v) is 11.2. The number of aliphatic imine (C=N–C) groups is 1. The number of benzene rings is 4. The van der Waals surface area contributed by atoms with Gasteiger partial charge in [-0.15, -0.1) is 0 Å². The van der Waals surface area contributed by atoms with Crippen LogP contribution in [0.1, 0.15) is 19.4 Å². The summed E-state index contributed by atoms with van der Waals surface area (Å²) >= 11 is 0. The van der Waals surface area contributed by atoms with Crippen LogP contribution in [-0.2, 0) is 5.41 Å². The Morgan fingerprint density at radius 1 is 0.795 bits per heavy atom. The largest absolute Gasteiger partial charge is 0.497 e. The SMILES string of the molecule is COc1ccc(N2CCN(c3cc4c(c5ccccc35)N=CC3(O4)N(C)c4ccccc4C3(C)C)CC2)cc1. The van der Waals surface area contributed by atoms with Gasteiger partial charge in [0.1, 0.15) is 11.4 Å². The summed E-state index contributed by atoms with van der Waals surface area (Å²) in [4.78, 5) is 12.3. The van der Waals surface area contributed by atoms with Crippen LogP contribution in [0.25, 0.3) is 10.8 Å². The van der Waals surface area contributed by atoms with Crippen LogP contribution >= 0.6 is 0 Å². The van der Waals surface area contributed by atoms with Crippen LogP contribution in [0.4, 0.5) is 22.7 Å². The lowest BCUT2D eigenvalue weighted by Gasteiger charge is -2.45. The van der Waals surface area contributed by atoms with Gasteiger partial charge in [0.25, 0.3) is 0 Å². The standard InChI is InChI=1S/C33H34N4O2/c1-32(2)27-11-7-8-12-28(27)35(3)33(32)22-34-31-26-10-6-5-9-25(26)29(21-30(31)39-33)37-19-17-36(18-20-37)23-13-15-24(38-4)16-14-23/h5-16,21-22H,17-20H2,1-4H3. The van der Waals surface area contributed by atoms with Crippen LogP contribution in [-0.4, -0.2) is 52.3 Å². The molecular weight excluding hydrogens is 484 g/mol. The molecule has 1 saturated heterocycles. The first-order valence-electron chi connectivity index (χ1n) is 13.7. The molecule has 7 rings (SSSR count). The zero-order valence-electron chi connectivity index (χ0n) is 23.0. The summed E-state index contributed by atoms with van der Waals surface area (Å²) in [6.45, 7) is 8.27. The maximum Gasteiger partial charge on any atom is 0.228 e. The average Bonchev–Trinajstić information content (AvgIpc) is 3.14. The predicted molar refractivity (Wildman–Crippen MR) is 161 cm³/mol. The van der Waals surface area contributed by atoms with Gasteiger partial charge in [-0.25, -0.2) is 0 Å². The molecule has 1 unspecified atom stereocenters. The van der Waals surface area contributed by atoms with E-state index in [1.807, 2.05) is 18.3 Å². The summed E-state index contributed by atoms with van der Waals surface area (Å²) in [5, 5.41) is 2.35. The fourth-order valence-corrected chi connectivity index (χ4v) is 6.66. The molecule has 0 bridgehead atoms. The van der Waals surface area contributed by atoms with Gasteiger partial charge in [0.05, 0.1) is 18.7 Å². The van der Waals surface area contributed by atoms with E-state index in [0.717, 1.165) is 48.8 Å². The van der Waals surface area contributed by atoms with Crippen molar-refractivity contribution in [2.24, 2.45) is 4.99 Å². The first kappa shape index (κ1) is 23.9. The van der Waals surface area contributed by atoms with E-state index in [1.165, 1.54) is 28.0 Å². The summed E-state index contributed by atoms with van der Waals surface area (Å²) in [7, 11) is 3.82. The lowest BCUT2D eigenvalue weighted by atomic mass is 9.77. The molecule has 3 aliphatic heterocycles. The molecule has 0 saturated carbocycles. The minimum atomic E-state index is -0.698. The molecule has 1 fully saturated rings. The Balaban J connectivity index is 1.24. The van der Waals surface area contributed by atoms with Crippen molar-refractivity contribution in [2.75, 3.05) is 55.0 Å². The van der Waals surface area contributed by atoms with Crippen molar-refractivity contribution in [3.63, 3.8) is 0 Å². The normalized spacial score (nSPS) is 21.2. The molecule has 6 heteroatoms. The highest BCUT2D eigenvalue weighted by atomic mass is 16.5. The molecule has 198 valence electrons. The molecule has 0 N–H and O–H groups in total. The summed E-state index contributed by atoms with van der Waals surface area (Å²) in [5.41, 5.74) is 4.84. The van der Waals surface area contributed by atoms with E-state index in [1.54, 1.807) is 7.11 Å². The lowest BCUT2D eigenvalue weighted by Crippen LogP contribution is -2.61.